The van der Waals surface area contributed by atoms with Crippen LogP contribution in [-0.4, -0.2) is 29.9 Å². The molecule has 4 heteroatoms. The van der Waals surface area contributed by atoms with Gasteiger partial charge in [-0.05, 0) is 24.6 Å². The summed E-state index contributed by atoms with van der Waals surface area (Å²) in [6, 6.07) is 0. The molecule has 0 aliphatic carbocycles. The molecule has 2 N–H and O–H groups in total. The van der Waals surface area contributed by atoms with E-state index in [2.05, 4.69) is 29.4 Å². The number of unbranched alkanes of at least 4 members (excludes halogenated alkanes) is 1. The third-order valence-electron chi connectivity index (χ3n) is 2.99. The summed E-state index contributed by atoms with van der Waals surface area (Å²) in [5.74, 6) is 0.834. The maximum absolute atomic E-state index is 5.02. The molecule has 1 heterocycles. The van der Waals surface area contributed by atoms with E-state index in [1.54, 1.807) is 0 Å². The Kier molecular flexibility index (Phi) is 5.95. The molecule has 1 saturated heterocycles. The predicted molar refractivity (Wildman–Crippen MR) is 68.6 cm³/mol. The van der Waals surface area contributed by atoms with Gasteiger partial charge in [0.2, 0.25) is 0 Å². The minimum absolute atomic E-state index is 0.785. The third-order valence-corrected chi connectivity index (χ3v) is 3.27. The van der Waals surface area contributed by atoms with Crippen LogP contribution < -0.4 is 10.6 Å². The van der Waals surface area contributed by atoms with Crippen LogP contribution in [0.1, 0.15) is 39.5 Å². The maximum Gasteiger partial charge on any atom is 0.168 e. The molecule has 0 amide bonds. The number of hydrogen-bond donors (Lipinski definition) is 2. The molecule has 88 valence electrons. The summed E-state index contributed by atoms with van der Waals surface area (Å²) in [7, 11) is 0. The lowest BCUT2D eigenvalue weighted by Gasteiger charge is -2.32. The Labute approximate surface area is 98.6 Å². The van der Waals surface area contributed by atoms with Gasteiger partial charge in [-0.25, -0.2) is 0 Å². The number of nitrogens with zero attached hydrogens (tertiary/aromatic N) is 1. The number of nitrogens with one attached hydrogen (secondary N) is 2. The van der Waals surface area contributed by atoms with Gasteiger partial charge < -0.3 is 10.6 Å². The van der Waals surface area contributed by atoms with Crippen LogP contribution in [0.5, 0.6) is 0 Å². The van der Waals surface area contributed by atoms with E-state index >= 15 is 0 Å². The van der Waals surface area contributed by atoms with Gasteiger partial charge in [0.05, 0.1) is 13.3 Å². The molecule has 1 fully saturated rings. The summed E-state index contributed by atoms with van der Waals surface area (Å²) in [6.45, 7) is 7.52. The highest BCUT2D eigenvalue weighted by atomic mass is 32.1. The second-order valence-electron chi connectivity index (χ2n) is 4.27. The Hall–Kier alpha value is -0.350. The van der Waals surface area contributed by atoms with Crippen molar-refractivity contribution in [1.82, 2.24) is 15.5 Å². The van der Waals surface area contributed by atoms with Gasteiger partial charge in [-0.1, -0.05) is 33.1 Å². The first-order valence-corrected chi connectivity index (χ1v) is 6.41. The van der Waals surface area contributed by atoms with Crippen molar-refractivity contribution in [1.29, 1.82) is 0 Å². The summed E-state index contributed by atoms with van der Waals surface area (Å²) in [5, 5.41) is 7.11. The van der Waals surface area contributed by atoms with Gasteiger partial charge in [0.15, 0.2) is 5.11 Å². The van der Waals surface area contributed by atoms with Crippen molar-refractivity contribution in [3.8, 4) is 0 Å². The molecule has 0 aromatic carbocycles. The summed E-state index contributed by atoms with van der Waals surface area (Å²) >= 11 is 5.02. The first-order valence-electron chi connectivity index (χ1n) is 6.00. The second kappa shape index (κ2) is 7.01. The number of thiocarbonyl (C=S) groups is 1. The van der Waals surface area contributed by atoms with Crippen LogP contribution in [-0.2, 0) is 0 Å². The second-order valence-corrected chi connectivity index (χ2v) is 4.68. The number of rotatable bonds is 6. The average Bonchev–Trinajstić information content (AvgIpc) is 2.27. The molecule has 0 spiro atoms. The van der Waals surface area contributed by atoms with Crippen LogP contribution in [0, 0.1) is 5.92 Å². The summed E-state index contributed by atoms with van der Waals surface area (Å²) in [6.07, 6.45) is 5.29. The van der Waals surface area contributed by atoms with Crippen LogP contribution in [0.4, 0.5) is 0 Å². The van der Waals surface area contributed by atoms with E-state index in [0.29, 0.717) is 0 Å². The topological polar surface area (TPSA) is 27.3 Å². The molecule has 0 saturated carbocycles. The molecule has 0 unspecified atom stereocenters. The lowest BCUT2D eigenvalue weighted by atomic mass is 9.99. The van der Waals surface area contributed by atoms with E-state index in [0.717, 1.165) is 24.4 Å². The maximum atomic E-state index is 5.02. The smallest absolute Gasteiger partial charge is 0.168 e. The fraction of sp³-hybridized carbons (Fsp3) is 0.909. The van der Waals surface area contributed by atoms with Crippen molar-refractivity contribution >= 4 is 17.3 Å². The quantitative estimate of drug-likeness (QED) is 0.680. The van der Waals surface area contributed by atoms with Gasteiger partial charge in [0.1, 0.15) is 0 Å². The minimum Gasteiger partial charge on any atom is -0.350 e. The summed E-state index contributed by atoms with van der Waals surface area (Å²) in [5.41, 5.74) is 0. The molecule has 15 heavy (non-hydrogen) atoms. The third kappa shape index (κ3) is 4.80. The molecule has 1 atom stereocenters. The Morgan fingerprint density at radius 1 is 1.33 bits per heavy atom. The van der Waals surface area contributed by atoms with Crippen molar-refractivity contribution in [2.75, 3.05) is 19.9 Å². The highest BCUT2D eigenvalue weighted by Gasteiger charge is 2.15. The molecule has 0 aromatic rings. The first kappa shape index (κ1) is 12.7. The number of hydrogen-bond acceptors (Lipinski definition) is 2. The average molecular weight is 229 g/mol. The predicted octanol–water partition coefficient (Wildman–Crippen LogP) is 1.90. The van der Waals surface area contributed by atoms with Crippen molar-refractivity contribution in [3.63, 3.8) is 0 Å². The van der Waals surface area contributed by atoms with Gasteiger partial charge in [-0.15, -0.1) is 0 Å². The SMILES string of the molecule is CCCC[C@@H](CC)CN1CNC(=S)NC1. The monoisotopic (exact) mass is 229 g/mol. The zero-order valence-electron chi connectivity index (χ0n) is 9.88. The Morgan fingerprint density at radius 2 is 2.00 bits per heavy atom. The summed E-state index contributed by atoms with van der Waals surface area (Å²) < 4.78 is 0. The molecular weight excluding hydrogens is 206 g/mol. The van der Waals surface area contributed by atoms with Crippen molar-refractivity contribution in [2.24, 2.45) is 5.92 Å². The van der Waals surface area contributed by atoms with Crippen LogP contribution in [0.25, 0.3) is 0 Å². The fourth-order valence-corrected chi connectivity index (χ4v) is 2.03. The zero-order chi connectivity index (χ0) is 11.1. The van der Waals surface area contributed by atoms with Crippen molar-refractivity contribution < 1.29 is 0 Å². The molecule has 0 aromatic heterocycles. The van der Waals surface area contributed by atoms with Crippen molar-refractivity contribution in [3.05, 3.63) is 0 Å². The van der Waals surface area contributed by atoms with E-state index in [1.165, 1.54) is 32.2 Å². The highest BCUT2D eigenvalue weighted by molar-refractivity contribution is 7.80. The largest absolute Gasteiger partial charge is 0.350 e. The standard InChI is InChI=1S/C11H23N3S/c1-3-5-6-10(4-2)7-14-8-12-11(15)13-9-14/h10H,3-9H2,1-2H3,(H2,12,13,15)/t10-/m1/s1. The Balaban J connectivity index is 2.22. The normalized spacial score (nSPS) is 19.5. The Morgan fingerprint density at radius 3 is 2.53 bits per heavy atom. The van der Waals surface area contributed by atoms with E-state index in [-0.39, 0.29) is 0 Å². The molecule has 1 aliphatic rings. The van der Waals surface area contributed by atoms with Gasteiger partial charge in [-0.3, -0.25) is 4.90 Å². The molecule has 1 aliphatic heterocycles. The molecule has 1 rings (SSSR count). The van der Waals surface area contributed by atoms with Crippen LogP contribution in [0.15, 0.2) is 0 Å². The lowest BCUT2D eigenvalue weighted by molar-refractivity contribution is 0.197. The zero-order valence-corrected chi connectivity index (χ0v) is 10.7. The van der Waals surface area contributed by atoms with Crippen LogP contribution in [0.2, 0.25) is 0 Å². The van der Waals surface area contributed by atoms with Crippen LogP contribution >= 0.6 is 12.2 Å². The summed E-state index contributed by atoms with van der Waals surface area (Å²) in [4.78, 5) is 2.39. The van der Waals surface area contributed by atoms with E-state index in [1.807, 2.05) is 0 Å². The first-order chi connectivity index (χ1) is 7.26. The van der Waals surface area contributed by atoms with E-state index in [9.17, 15) is 0 Å². The fourth-order valence-electron chi connectivity index (χ4n) is 1.90. The Bertz CT molecular complexity index is 186. The van der Waals surface area contributed by atoms with Gasteiger partial charge in [0, 0.05) is 6.54 Å². The van der Waals surface area contributed by atoms with E-state index in [4.69, 9.17) is 12.2 Å². The molecular formula is C11H23N3S. The molecule has 0 bridgehead atoms. The van der Waals surface area contributed by atoms with Gasteiger partial charge in [0.25, 0.3) is 0 Å². The molecule has 0 radical (unpaired) electrons. The van der Waals surface area contributed by atoms with Gasteiger partial charge >= 0.3 is 0 Å². The molecule has 3 nitrogen and oxygen atoms in total. The van der Waals surface area contributed by atoms with Crippen molar-refractivity contribution in [2.45, 2.75) is 39.5 Å². The van der Waals surface area contributed by atoms with Crippen LogP contribution in [0.3, 0.4) is 0 Å². The highest BCUT2D eigenvalue weighted by Crippen LogP contribution is 2.14. The van der Waals surface area contributed by atoms with E-state index < -0.39 is 0 Å². The lowest BCUT2D eigenvalue weighted by Crippen LogP contribution is -2.54. The minimum atomic E-state index is 0.785. The van der Waals surface area contributed by atoms with Gasteiger partial charge in [-0.2, -0.15) is 0 Å².